The van der Waals surface area contributed by atoms with E-state index < -0.39 is 26.8 Å². The van der Waals surface area contributed by atoms with Crippen LogP contribution >= 0.6 is 0 Å². The fourth-order valence-corrected chi connectivity index (χ4v) is 4.44. The molecular formula is C21H19FN2O3S. The van der Waals surface area contributed by atoms with E-state index in [4.69, 9.17) is 0 Å². The number of rotatable bonds is 6. The largest absolute Gasteiger partial charge is 0.350 e. The van der Waals surface area contributed by atoms with Gasteiger partial charge in [0.15, 0.2) is 9.84 Å². The molecule has 2 aromatic carbocycles. The first kappa shape index (κ1) is 19.7. The van der Waals surface area contributed by atoms with Crippen molar-refractivity contribution in [3.63, 3.8) is 0 Å². The van der Waals surface area contributed by atoms with Crippen molar-refractivity contribution >= 4 is 15.7 Å². The highest BCUT2D eigenvalue weighted by Crippen LogP contribution is 2.28. The number of amides is 1. The molecule has 5 nitrogen and oxygen atoms in total. The van der Waals surface area contributed by atoms with Gasteiger partial charge in [0.25, 0.3) is 5.91 Å². The number of carbonyl (C=O) groups excluding carboxylic acids is 1. The zero-order valence-electron chi connectivity index (χ0n) is 15.2. The maximum absolute atomic E-state index is 13.8. The molecule has 0 spiro atoms. The van der Waals surface area contributed by atoms with Gasteiger partial charge in [-0.3, -0.25) is 9.78 Å². The molecular weight excluding hydrogens is 379 g/mol. The molecule has 0 radical (unpaired) electrons. The molecule has 0 aliphatic carbocycles. The van der Waals surface area contributed by atoms with Gasteiger partial charge >= 0.3 is 0 Å². The Bertz CT molecular complexity index is 1070. The fraction of sp³-hybridized carbons (Fsp3) is 0.143. The molecule has 0 bridgehead atoms. The van der Waals surface area contributed by atoms with E-state index in [-0.39, 0.29) is 17.0 Å². The topological polar surface area (TPSA) is 76.1 Å². The molecule has 0 aliphatic rings. The van der Waals surface area contributed by atoms with E-state index >= 15 is 0 Å². The number of hydrogen-bond donors (Lipinski definition) is 1. The first-order valence-electron chi connectivity index (χ1n) is 8.63. The summed E-state index contributed by atoms with van der Waals surface area (Å²) in [4.78, 5) is 16.5. The Hall–Kier alpha value is -3.06. The lowest BCUT2D eigenvalue weighted by molar-refractivity contribution is 0.0949. The summed E-state index contributed by atoms with van der Waals surface area (Å²) in [6.45, 7) is 1.65. The van der Waals surface area contributed by atoms with E-state index in [1.165, 1.54) is 42.7 Å². The summed E-state index contributed by atoms with van der Waals surface area (Å²) in [5, 5.41) is 1.48. The van der Waals surface area contributed by atoms with Crippen LogP contribution in [0.15, 0.2) is 78.0 Å². The zero-order chi connectivity index (χ0) is 20.1. The number of nitrogens with zero attached hydrogens (tertiary/aromatic N) is 1. The second kappa shape index (κ2) is 8.31. The fourth-order valence-electron chi connectivity index (χ4n) is 2.79. The summed E-state index contributed by atoms with van der Waals surface area (Å²) in [7, 11) is -3.81. The number of carbonyl (C=O) groups is 1. The molecule has 1 heterocycles. The Morgan fingerprint density at radius 3 is 2.43 bits per heavy atom. The number of sulfone groups is 1. The van der Waals surface area contributed by atoms with Crippen LogP contribution in [0.3, 0.4) is 0 Å². The highest BCUT2D eigenvalue weighted by Gasteiger charge is 2.30. The van der Waals surface area contributed by atoms with Gasteiger partial charge in [0, 0.05) is 18.9 Å². The van der Waals surface area contributed by atoms with Crippen LogP contribution in [0, 0.1) is 12.7 Å². The Balaban J connectivity index is 1.91. The van der Waals surface area contributed by atoms with E-state index in [1.807, 2.05) is 6.92 Å². The first-order valence-corrected chi connectivity index (χ1v) is 10.2. The molecule has 3 aromatic rings. The average molecular weight is 398 g/mol. The molecule has 0 fully saturated rings. The van der Waals surface area contributed by atoms with Crippen molar-refractivity contribution in [2.45, 2.75) is 17.1 Å². The molecule has 144 valence electrons. The van der Waals surface area contributed by atoms with Crippen LogP contribution in [0.2, 0.25) is 0 Å². The van der Waals surface area contributed by atoms with Crippen LogP contribution in [-0.4, -0.2) is 25.9 Å². The highest BCUT2D eigenvalue weighted by atomic mass is 32.2. The Labute approximate surface area is 163 Å². The van der Waals surface area contributed by atoms with Crippen molar-refractivity contribution in [1.82, 2.24) is 10.3 Å². The van der Waals surface area contributed by atoms with Crippen molar-refractivity contribution in [3.05, 3.63) is 95.6 Å². The van der Waals surface area contributed by atoms with E-state index in [0.717, 1.165) is 5.56 Å². The lowest BCUT2D eigenvalue weighted by atomic mass is 10.2. The Morgan fingerprint density at radius 2 is 1.79 bits per heavy atom. The second-order valence-electron chi connectivity index (χ2n) is 6.32. The summed E-state index contributed by atoms with van der Waals surface area (Å²) in [6.07, 6.45) is 2.99. The zero-order valence-corrected chi connectivity index (χ0v) is 16.0. The van der Waals surface area contributed by atoms with Gasteiger partial charge in [-0.1, -0.05) is 35.9 Å². The third-order valence-electron chi connectivity index (χ3n) is 4.35. The molecule has 28 heavy (non-hydrogen) atoms. The maximum atomic E-state index is 13.8. The van der Waals surface area contributed by atoms with Crippen LogP contribution in [0.1, 0.15) is 26.7 Å². The summed E-state index contributed by atoms with van der Waals surface area (Å²) >= 11 is 0. The predicted octanol–water partition coefficient (Wildman–Crippen LogP) is 3.47. The number of benzene rings is 2. The van der Waals surface area contributed by atoms with Gasteiger partial charge in [-0.25, -0.2) is 12.8 Å². The number of nitrogens with one attached hydrogen (secondary N) is 1. The lowest BCUT2D eigenvalue weighted by Gasteiger charge is -2.19. The molecule has 1 amide bonds. The third kappa shape index (κ3) is 4.26. The van der Waals surface area contributed by atoms with Crippen molar-refractivity contribution in [3.8, 4) is 0 Å². The van der Waals surface area contributed by atoms with Crippen LogP contribution in [-0.2, 0) is 9.84 Å². The van der Waals surface area contributed by atoms with Gasteiger partial charge < -0.3 is 5.32 Å². The Morgan fingerprint density at radius 1 is 1.07 bits per heavy atom. The number of aryl methyl sites for hydroxylation is 1. The predicted molar refractivity (Wildman–Crippen MR) is 104 cm³/mol. The van der Waals surface area contributed by atoms with E-state index in [9.17, 15) is 17.6 Å². The van der Waals surface area contributed by atoms with Crippen LogP contribution in [0.5, 0.6) is 0 Å². The lowest BCUT2D eigenvalue weighted by Crippen LogP contribution is -2.32. The van der Waals surface area contributed by atoms with Crippen molar-refractivity contribution in [2.24, 2.45) is 0 Å². The van der Waals surface area contributed by atoms with E-state index in [1.54, 1.807) is 30.3 Å². The minimum absolute atomic E-state index is 0.139. The summed E-state index contributed by atoms with van der Waals surface area (Å²) in [5.41, 5.74) is 1.24. The molecule has 0 saturated carbocycles. The smallest absolute Gasteiger partial charge is 0.254 e. The molecule has 3 rings (SSSR count). The van der Waals surface area contributed by atoms with E-state index in [2.05, 4.69) is 10.3 Å². The van der Waals surface area contributed by atoms with Crippen LogP contribution in [0.4, 0.5) is 4.39 Å². The third-order valence-corrected chi connectivity index (χ3v) is 6.46. The number of halogens is 1. The minimum atomic E-state index is -3.81. The molecule has 0 aliphatic heterocycles. The van der Waals surface area contributed by atoms with Gasteiger partial charge in [0.05, 0.1) is 10.5 Å². The maximum Gasteiger partial charge on any atom is 0.254 e. The number of pyridine rings is 1. The van der Waals surface area contributed by atoms with Crippen LogP contribution in [0.25, 0.3) is 0 Å². The molecule has 7 heteroatoms. The second-order valence-corrected chi connectivity index (χ2v) is 8.45. The van der Waals surface area contributed by atoms with Crippen molar-refractivity contribution in [1.29, 1.82) is 0 Å². The van der Waals surface area contributed by atoms with Gasteiger partial charge in [-0.2, -0.15) is 0 Å². The van der Waals surface area contributed by atoms with Crippen molar-refractivity contribution < 1.29 is 17.6 Å². The van der Waals surface area contributed by atoms with Gasteiger partial charge in [-0.05, 0) is 42.8 Å². The number of aromatic nitrogens is 1. The molecule has 1 N–H and O–H groups in total. The van der Waals surface area contributed by atoms with Gasteiger partial charge in [-0.15, -0.1) is 0 Å². The summed E-state index contributed by atoms with van der Waals surface area (Å²) in [5.74, 6) is -1.34. The molecule has 1 aromatic heterocycles. The average Bonchev–Trinajstić information content (AvgIpc) is 2.69. The quantitative estimate of drug-likeness (QED) is 0.690. The molecule has 0 saturated heterocycles. The van der Waals surface area contributed by atoms with E-state index in [0.29, 0.717) is 5.56 Å². The first-order chi connectivity index (χ1) is 13.4. The monoisotopic (exact) mass is 398 g/mol. The SMILES string of the molecule is Cc1ccc(S(=O)(=O)C(CNC(=O)c2ccccc2F)c2cccnc2)cc1. The molecule has 1 unspecified atom stereocenters. The minimum Gasteiger partial charge on any atom is -0.350 e. The van der Waals surface area contributed by atoms with Crippen LogP contribution < -0.4 is 5.32 Å². The van der Waals surface area contributed by atoms with Gasteiger partial charge in [0.2, 0.25) is 0 Å². The summed E-state index contributed by atoms with van der Waals surface area (Å²) in [6, 6.07) is 15.3. The standard InChI is InChI=1S/C21H19FN2O3S/c1-15-8-10-17(11-9-15)28(26,27)20(16-5-4-12-23-13-16)14-24-21(25)18-6-2-3-7-19(18)22/h2-13,20H,14H2,1H3,(H,24,25). The Kier molecular flexibility index (Phi) is 5.84. The normalized spacial score (nSPS) is 12.4. The highest BCUT2D eigenvalue weighted by molar-refractivity contribution is 7.91. The number of hydrogen-bond acceptors (Lipinski definition) is 4. The molecule has 1 atom stereocenters. The van der Waals surface area contributed by atoms with Gasteiger partial charge in [0.1, 0.15) is 11.1 Å². The summed E-state index contributed by atoms with van der Waals surface area (Å²) < 4.78 is 40.2. The van der Waals surface area contributed by atoms with Crippen molar-refractivity contribution in [2.75, 3.05) is 6.54 Å².